The molecule has 7 heterocycles. The van der Waals surface area contributed by atoms with E-state index in [2.05, 4.69) is 122 Å². The van der Waals surface area contributed by atoms with Gasteiger partial charge in [-0.15, -0.1) is 11.8 Å². The average molecular weight is 1470 g/mol. The third-order valence-corrected chi connectivity index (χ3v) is 14.4. The van der Waals surface area contributed by atoms with Crippen LogP contribution in [0.2, 0.25) is 0 Å². The van der Waals surface area contributed by atoms with E-state index >= 15 is 0 Å². The Labute approximate surface area is 656 Å². The van der Waals surface area contributed by atoms with Gasteiger partial charge in [0.1, 0.15) is 0 Å². The summed E-state index contributed by atoms with van der Waals surface area (Å²) >= 11 is 2.04. The highest BCUT2D eigenvalue weighted by molar-refractivity contribution is 7.99. The Kier molecular flexibility index (Phi) is 266. The van der Waals surface area contributed by atoms with Crippen LogP contribution in [0.4, 0.5) is 0 Å². The fourth-order valence-corrected chi connectivity index (χ4v) is 10.0. The van der Waals surface area contributed by atoms with Gasteiger partial charge in [-0.1, -0.05) is 311 Å². The van der Waals surface area contributed by atoms with E-state index in [-0.39, 0.29) is 0 Å². The zero-order valence-electron chi connectivity index (χ0n) is 83.1. The fraction of sp³-hybridized carbons (Fsp3) is 1.00. The van der Waals surface area contributed by atoms with E-state index in [9.17, 15) is 0 Å². The summed E-state index contributed by atoms with van der Waals surface area (Å²) in [5, 5.41) is 0. The number of thioether (sulfide) groups is 1. The molecule has 100 heavy (non-hydrogen) atoms. The lowest BCUT2D eigenvalue weighted by Gasteiger charge is -2.41. The molecule has 0 saturated carbocycles. The number of likely N-dealkylation sites (N-methyl/N-ethyl adjacent to an activating group) is 1. The molecule has 0 amide bonds. The molecule has 0 aromatic rings. The van der Waals surface area contributed by atoms with Crippen molar-refractivity contribution in [2.24, 2.45) is 0 Å². The summed E-state index contributed by atoms with van der Waals surface area (Å²) in [5.41, 5.74) is 0. The van der Waals surface area contributed by atoms with Crippen molar-refractivity contribution in [1.29, 1.82) is 0 Å². The molecule has 0 aliphatic carbocycles. The first-order valence-corrected chi connectivity index (χ1v) is 47.0. The molecule has 0 radical (unpaired) electrons. The van der Waals surface area contributed by atoms with E-state index in [1.54, 1.807) is 0 Å². The van der Waals surface area contributed by atoms with Crippen molar-refractivity contribution < 1.29 is 4.74 Å². The summed E-state index contributed by atoms with van der Waals surface area (Å²) < 4.78 is 5.21. The molecule has 0 aromatic heterocycles. The van der Waals surface area contributed by atoms with Gasteiger partial charge in [0.25, 0.3) is 0 Å². The topological polar surface area (TPSA) is 35.2 Å². The van der Waals surface area contributed by atoms with Crippen LogP contribution in [-0.2, 0) is 4.74 Å². The molecule has 7 saturated heterocycles. The van der Waals surface area contributed by atoms with Crippen molar-refractivity contribution in [2.45, 2.75) is 467 Å². The highest BCUT2D eigenvalue weighted by atomic mass is 32.2. The van der Waals surface area contributed by atoms with Gasteiger partial charge < -0.3 is 29.2 Å². The van der Waals surface area contributed by atoms with Gasteiger partial charge in [-0.25, -0.2) is 0 Å². The van der Waals surface area contributed by atoms with Crippen LogP contribution in [-0.4, -0.2) is 212 Å². The molecule has 0 unspecified atom stereocenters. The normalized spacial score (nSPS) is 15.4. The summed E-state index contributed by atoms with van der Waals surface area (Å²) in [7, 11) is 2.19. The first-order valence-electron chi connectivity index (χ1n) is 45.8. The molecular weight excluding hydrogens is 1240 g/mol. The van der Waals surface area contributed by atoms with Gasteiger partial charge in [-0.2, -0.15) is 0 Å². The summed E-state index contributed by atoms with van der Waals surface area (Å²) in [4.78, 5) is 20.3. The monoisotopic (exact) mass is 1470 g/mol. The van der Waals surface area contributed by atoms with Crippen LogP contribution < -0.4 is 0 Å². The maximum absolute atomic E-state index is 5.21. The highest BCUT2D eigenvalue weighted by Gasteiger charge is 2.26. The van der Waals surface area contributed by atoms with E-state index < -0.39 is 0 Å². The molecule has 9 nitrogen and oxygen atoms in total. The minimum Gasteiger partial charge on any atom is -0.379 e. The SMILES string of the molecule is CC.CC.CC.CC.CC.CC.CC.CC.CC.CC.CC.CC.CC.CC.CC.CC.CC.CC.CC.CC.CC.CC(C)N1CCC(N2CCCCC2)CC1.CC(C)N1CCCCC1.CC(C)N1CCN(C)CC1.CC(C)N1CCOCC1.CC(C)N1CCSC1.CCN1CCCC1. The third-order valence-electron chi connectivity index (χ3n) is 13.5. The Morgan fingerprint density at radius 1 is 0.270 bits per heavy atom. The van der Waals surface area contributed by atoms with Crippen molar-refractivity contribution in [3.63, 3.8) is 0 Å². The molecule has 7 aliphatic rings. The minimum atomic E-state index is 0.689. The van der Waals surface area contributed by atoms with Crippen LogP contribution in [0.5, 0.6) is 0 Å². The largest absolute Gasteiger partial charge is 0.379 e. The Balaban J connectivity index is -0.0000000388. The van der Waals surface area contributed by atoms with Gasteiger partial charge in [0.05, 0.1) is 13.2 Å². The smallest absolute Gasteiger partial charge is 0.0594 e. The summed E-state index contributed by atoms with van der Waals surface area (Å²) in [5.74, 6) is 2.58. The number of likely N-dealkylation sites (tertiary alicyclic amines) is 4. The maximum atomic E-state index is 5.21. The van der Waals surface area contributed by atoms with Crippen LogP contribution in [0.25, 0.3) is 0 Å². The first kappa shape index (κ1) is 153. The van der Waals surface area contributed by atoms with Crippen molar-refractivity contribution in [1.82, 2.24) is 39.2 Å². The number of rotatable bonds is 7. The second-order valence-electron chi connectivity index (χ2n) is 19.4. The Hall–Kier alpha value is -0.0100. The molecule has 0 N–H and O–H groups in total. The van der Waals surface area contributed by atoms with E-state index in [0.717, 1.165) is 56.5 Å². The summed E-state index contributed by atoms with van der Waals surface area (Å²) in [6.07, 6.45) is 14.3. The Morgan fingerprint density at radius 3 is 0.720 bits per heavy atom. The summed E-state index contributed by atoms with van der Waals surface area (Å²) in [6, 6.07) is 4.59. The molecule has 0 aromatic carbocycles. The van der Waals surface area contributed by atoms with Crippen LogP contribution in [0.1, 0.15) is 431 Å². The quantitative estimate of drug-likeness (QED) is 0.246. The van der Waals surface area contributed by atoms with Crippen LogP contribution in [0.15, 0.2) is 0 Å². The highest BCUT2D eigenvalue weighted by Crippen LogP contribution is 2.22. The predicted octanol–water partition coefficient (Wildman–Crippen LogP) is 29.6. The number of hydrogen-bond donors (Lipinski definition) is 0. The zero-order chi connectivity index (χ0) is 84.7. The fourth-order valence-electron chi connectivity index (χ4n) is 8.85. The molecule has 640 valence electrons. The van der Waals surface area contributed by atoms with Gasteiger partial charge >= 0.3 is 0 Å². The molecule has 7 rings (SSSR count). The second kappa shape index (κ2) is 174. The Bertz CT molecular complexity index is 897. The third kappa shape index (κ3) is 131. The zero-order valence-corrected chi connectivity index (χ0v) is 83.9. The van der Waals surface area contributed by atoms with Crippen molar-refractivity contribution >= 4 is 11.8 Å². The van der Waals surface area contributed by atoms with E-state index in [1.165, 1.54) is 167 Å². The van der Waals surface area contributed by atoms with Crippen LogP contribution in [0, 0.1) is 0 Å². The van der Waals surface area contributed by atoms with Gasteiger partial charge in [0, 0.05) is 93.7 Å². The van der Waals surface area contributed by atoms with E-state index in [0.29, 0.717) is 6.04 Å². The first-order chi connectivity index (χ1) is 48.8. The van der Waals surface area contributed by atoms with Gasteiger partial charge in [0.2, 0.25) is 0 Å². The molecule has 10 heteroatoms. The lowest BCUT2D eigenvalue weighted by molar-refractivity contribution is 0.0238. The van der Waals surface area contributed by atoms with Crippen LogP contribution in [0.3, 0.4) is 0 Å². The molecule has 0 spiro atoms. The Morgan fingerprint density at radius 2 is 0.510 bits per heavy atom. The minimum absolute atomic E-state index is 0.689. The van der Waals surface area contributed by atoms with Crippen molar-refractivity contribution in [3.05, 3.63) is 0 Å². The number of nitrogens with zero attached hydrogens (tertiary/aromatic N) is 8. The van der Waals surface area contributed by atoms with Gasteiger partial charge in [0.15, 0.2) is 0 Å². The molecule has 7 fully saturated rings. The standard InChI is InChI=1S/C13H26N2.C8H18N2.C8H17N.C7H15NO.C6H13NS.C6H13N.21C2H6/c1-12(2)14-10-6-13(7-11-14)15-8-4-3-5-9-15;1-8(2)10-6-4-9(3)5-7-10;1-8(2)9-6-4-3-5-7-9;1-7(2)8-3-5-9-6-4-8;1-6(2)7-3-4-8-5-7;1-2-7-5-3-4-6-7;21*1-2/h12-13H,3-11H2,1-2H3;8H,4-7H2,1-3H3;8H,3-7H2,1-2H3;7H,3-6H2,1-2H3;6H,3-5H2,1-2H3;2-6H2,1H3;21*1-2H3. The second-order valence-corrected chi connectivity index (χ2v) is 20.5. The average Bonchev–Trinajstić information content (AvgIpc) is 1.24. The van der Waals surface area contributed by atoms with E-state index in [4.69, 9.17) is 4.74 Å². The van der Waals surface area contributed by atoms with Crippen molar-refractivity contribution in [3.8, 4) is 0 Å². The molecule has 0 atom stereocenters. The van der Waals surface area contributed by atoms with Gasteiger partial charge in [-0.05, 0) is 187 Å². The molecule has 7 aliphatic heterocycles. The lowest BCUT2D eigenvalue weighted by atomic mass is 9.99. The van der Waals surface area contributed by atoms with Crippen LogP contribution >= 0.6 is 11.8 Å². The molecule has 0 bridgehead atoms. The summed E-state index contributed by atoms with van der Waals surface area (Å²) in [6.45, 7) is 131. The number of piperidine rings is 3. The number of hydrogen-bond acceptors (Lipinski definition) is 10. The number of morpholine rings is 1. The predicted molar refractivity (Wildman–Crippen MR) is 496 cm³/mol. The number of piperazine rings is 1. The molecular formula is C90H228N8OS. The van der Waals surface area contributed by atoms with Gasteiger partial charge in [-0.3, -0.25) is 14.7 Å². The lowest BCUT2D eigenvalue weighted by Crippen LogP contribution is -2.48. The number of ether oxygens (including phenoxy) is 1. The van der Waals surface area contributed by atoms with E-state index in [1.807, 2.05) is 303 Å². The maximum Gasteiger partial charge on any atom is 0.0594 e. The van der Waals surface area contributed by atoms with Crippen molar-refractivity contribution in [2.75, 3.05) is 137 Å².